The lowest BCUT2D eigenvalue weighted by Gasteiger charge is -2.47. The van der Waals surface area contributed by atoms with Crippen molar-refractivity contribution in [1.29, 1.82) is 0 Å². The lowest BCUT2D eigenvalue weighted by atomic mass is 9.86. The highest BCUT2D eigenvalue weighted by atomic mass is 16.5. The van der Waals surface area contributed by atoms with Gasteiger partial charge in [0.1, 0.15) is 11.4 Å². The van der Waals surface area contributed by atoms with Crippen molar-refractivity contribution in [2.45, 2.75) is 50.2 Å². The van der Waals surface area contributed by atoms with E-state index in [1.807, 2.05) is 11.1 Å². The van der Waals surface area contributed by atoms with Gasteiger partial charge in [-0.2, -0.15) is 0 Å². The first-order chi connectivity index (χ1) is 13.2. The molecule has 1 amide bonds. The van der Waals surface area contributed by atoms with Crippen LogP contribution >= 0.6 is 0 Å². The van der Waals surface area contributed by atoms with Crippen LogP contribution in [0.5, 0.6) is 0 Å². The molecule has 1 aliphatic carbocycles. The van der Waals surface area contributed by atoms with E-state index in [0.717, 1.165) is 30.2 Å². The van der Waals surface area contributed by atoms with Crippen LogP contribution in [0, 0.1) is 0 Å². The topological polar surface area (TPSA) is 67.8 Å². The van der Waals surface area contributed by atoms with Gasteiger partial charge in [-0.25, -0.2) is 9.97 Å². The second-order valence-electron chi connectivity index (χ2n) is 8.34. The average molecular weight is 372 g/mol. The van der Waals surface area contributed by atoms with E-state index in [9.17, 15) is 4.79 Å². The molecule has 4 aliphatic rings. The Balaban J connectivity index is 1.23. The van der Waals surface area contributed by atoms with Crippen molar-refractivity contribution in [3.8, 4) is 0 Å². The van der Waals surface area contributed by atoms with Gasteiger partial charge in [-0.15, -0.1) is 0 Å². The molecule has 7 nitrogen and oxygen atoms in total. The Bertz CT molecular complexity index is 707. The lowest BCUT2D eigenvalue weighted by Crippen LogP contribution is -2.62. The van der Waals surface area contributed by atoms with Crippen LogP contribution < -0.4 is 0 Å². The Morgan fingerprint density at radius 3 is 2.74 bits per heavy atom. The summed E-state index contributed by atoms with van der Waals surface area (Å²) in [6, 6.07) is 0. The molecule has 2 saturated heterocycles. The first-order valence-electron chi connectivity index (χ1n) is 10.3. The van der Waals surface area contributed by atoms with E-state index < -0.39 is 0 Å². The van der Waals surface area contributed by atoms with Crippen molar-refractivity contribution in [3.63, 3.8) is 0 Å². The van der Waals surface area contributed by atoms with Gasteiger partial charge in [-0.1, -0.05) is 19.3 Å². The summed E-state index contributed by atoms with van der Waals surface area (Å²) in [6.45, 7) is 5.36. The SMILES string of the molecule is O=C(CN1CCOCC1)N1CC2(C1)OCc1nc(C3CCCCC3)ncc12. The first kappa shape index (κ1) is 17.5. The van der Waals surface area contributed by atoms with Crippen LogP contribution in [0.1, 0.15) is 55.1 Å². The molecule has 0 bridgehead atoms. The lowest BCUT2D eigenvalue weighted by molar-refractivity contribution is -0.170. The third-order valence-electron chi connectivity index (χ3n) is 6.54. The van der Waals surface area contributed by atoms with Crippen LogP contribution in [0.4, 0.5) is 0 Å². The van der Waals surface area contributed by atoms with Gasteiger partial charge >= 0.3 is 0 Å². The summed E-state index contributed by atoms with van der Waals surface area (Å²) in [6.07, 6.45) is 8.28. The predicted molar refractivity (Wildman–Crippen MR) is 98.2 cm³/mol. The largest absolute Gasteiger partial charge is 0.379 e. The number of likely N-dealkylation sites (tertiary alicyclic amines) is 1. The number of carbonyl (C=O) groups is 1. The molecule has 0 atom stereocenters. The Labute approximate surface area is 160 Å². The zero-order chi connectivity index (χ0) is 18.3. The zero-order valence-corrected chi connectivity index (χ0v) is 15.9. The highest BCUT2D eigenvalue weighted by Gasteiger charge is 2.52. The monoisotopic (exact) mass is 372 g/mol. The van der Waals surface area contributed by atoms with E-state index in [2.05, 4.69) is 4.90 Å². The van der Waals surface area contributed by atoms with Gasteiger partial charge in [0.25, 0.3) is 0 Å². The fourth-order valence-electron chi connectivity index (χ4n) is 4.82. The van der Waals surface area contributed by atoms with Crippen molar-refractivity contribution in [2.24, 2.45) is 0 Å². The van der Waals surface area contributed by atoms with Crippen molar-refractivity contribution in [2.75, 3.05) is 45.9 Å². The van der Waals surface area contributed by atoms with Gasteiger partial charge in [0.15, 0.2) is 0 Å². The number of ether oxygens (including phenoxy) is 2. The minimum Gasteiger partial charge on any atom is -0.379 e. The molecule has 7 heteroatoms. The minimum absolute atomic E-state index is 0.180. The maximum atomic E-state index is 12.6. The normalized spacial score (nSPS) is 25.4. The molecule has 0 N–H and O–H groups in total. The van der Waals surface area contributed by atoms with Gasteiger partial charge in [-0.3, -0.25) is 9.69 Å². The van der Waals surface area contributed by atoms with Gasteiger partial charge in [0.05, 0.1) is 45.1 Å². The van der Waals surface area contributed by atoms with Crippen molar-refractivity contribution >= 4 is 5.91 Å². The Kier molecular flexibility index (Phi) is 4.61. The predicted octanol–water partition coefficient (Wildman–Crippen LogP) is 1.42. The van der Waals surface area contributed by atoms with E-state index in [-0.39, 0.29) is 11.5 Å². The van der Waals surface area contributed by atoms with Gasteiger partial charge in [-0.05, 0) is 12.8 Å². The number of fused-ring (bicyclic) bond motifs is 2. The molecule has 27 heavy (non-hydrogen) atoms. The maximum absolute atomic E-state index is 12.6. The average Bonchev–Trinajstić information content (AvgIpc) is 3.07. The molecule has 1 aromatic heterocycles. The summed E-state index contributed by atoms with van der Waals surface area (Å²) in [5.41, 5.74) is 1.75. The van der Waals surface area contributed by atoms with Crippen molar-refractivity contribution in [1.82, 2.24) is 19.8 Å². The van der Waals surface area contributed by atoms with Crippen LogP contribution in [-0.4, -0.2) is 71.6 Å². The summed E-state index contributed by atoms with van der Waals surface area (Å²) in [5.74, 6) is 1.68. The van der Waals surface area contributed by atoms with Gasteiger partial charge in [0, 0.05) is 30.8 Å². The molecule has 0 radical (unpaired) electrons. The molecule has 0 aromatic carbocycles. The highest BCUT2D eigenvalue weighted by Crippen LogP contribution is 2.43. The fraction of sp³-hybridized carbons (Fsp3) is 0.750. The molecule has 146 valence electrons. The molecule has 3 aliphatic heterocycles. The Morgan fingerprint density at radius 1 is 1.19 bits per heavy atom. The molecule has 1 saturated carbocycles. The molecule has 0 unspecified atom stereocenters. The van der Waals surface area contributed by atoms with E-state index in [4.69, 9.17) is 19.4 Å². The van der Waals surface area contributed by atoms with Gasteiger partial charge in [0.2, 0.25) is 5.91 Å². The number of rotatable bonds is 3. The van der Waals surface area contributed by atoms with Crippen molar-refractivity contribution < 1.29 is 14.3 Å². The van der Waals surface area contributed by atoms with Crippen LogP contribution in [0.15, 0.2) is 6.20 Å². The quantitative estimate of drug-likeness (QED) is 0.800. The van der Waals surface area contributed by atoms with Crippen LogP contribution in [0.3, 0.4) is 0 Å². The van der Waals surface area contributed by atoms with E-state index in [0.29, 0.717) is 45.4 Å². The highest BCUT2D eigenvalue weighted by molar-refractivity contribution is 5.79. The molecular formula is C20H28N4O3. The number of hydrogen-bond acceptors (Lipinski definition) is 6. The van der Waals surface area contributed by atoms with Crippen LogP contribution in [0.2, 0.25) is 0 Å². The number of aromatic nitrogens is 2. The fourth-order valence-corrected chi connectivity index (χ4v) is 4.82. The standard InChI is InChI=1S/C20H28N4O3/c25-18(11-23-6-8-26-9-7-23)24-13-20(14-24)16-10-21-19(22-17(16)12-27-20)15-4-2-1-3-5-15/h10,15H,1-9,11-14H2. The van der Waals surface area contributed by atoms with E-state index >= 15 is 0 Å². The summed E-state index contributed by atoms with van der Waals surface area (Å²) in [4.78, 5) is 26.2. The van der Waals surface area contributed by atoms with Gasteiger partial charge < -0.3 is 14.4 Å². The number of amides is 1. The molecule has 3 fully saturated rings. The Hall–Kier alpha value is -1.57. The third-order valence-corrected chi connectivity index (χ3v) is 6.54. The molecule has 1 spiro atoms. The third kappa shape index (κ3) is 3.26. The number of morpholine rings is 1. The van der Waals surface area contributed by atoms with Crippen molar-refractivity contribution in [3.05, 3.63) is 23.3 Å². The Morgan fingerprint density at radius 2 is 1.96 bits per heavy atom. The number of carbonyl (C=O) groups excluding carboxylic acids is 1. The summed E-state index contributed by atoms with van der Waals surface area (Å²) in [7, 11) is 0. The van der Waals surface area contributed by atoms with E-state index in [1.54, 1.807) is 0 Å². The summed E-state index contributed by atoms with van der Waals surface area (Å²) < 4.78 is 11.5. The zero-order valence-electron chi connectivity index (χ0n) is 15.9. The minimum atomic E-state index is -0.374. The maximum Gasteiger partial charge on any atom is 0.236 e. The molecular weight excluding hydrogens is 344 g/mol. The number of nitrogens with zero attached hydrogens (tertiary/aromatic N) is 4. The smallest absolute Gasteiger partial charge is 0.236 e. The van der Waals surface area contributed by atoms with Crippen LogP contribution in [-0.2, 0) is 26.5 Å². The summed E-state index contributed by atoms with van der Waals surface area (Å²) in [5, 5.41) is 0. The summed E-state index contributed by atoms with van der Waals surface area (Å²) >= 11 is 0. The molecule has 5 rings (SSSR count). The molecule has 4 heterocycles. The second kappa shape index (κ2) is 7.11. The molecule has 1 aromatic rings. The first-order valence-corrected chi connectivity index (χ1v) is 10.3. The van der Waals surface area contributed by atoms with E-state index in [1.165, 1.54) is 32.1 Å². The van der Waals surface area contributed by atoms with Crippen LogP contribution in [0.25, 0.3) is 0 Å². The second-order valence-corrected chi connectivity index (χ2v) is 8.34. The number of hydrogen-bond donors (Lipinski definition) is 0.